The smallest absolute Gasteiger partial charge is 0.445 e. The van der Waals surface area contributed by atoms with E-state index >= 15 is 0 Å². The van der Waals surface area contributed by atoms with E-state index in [2.05, 4.69) is 9.46 Å². The summed E-state index contributed by atoms with van der Waals surface area (Å²) in [4.78, 5) is 13.9. The maximum Gasteiger partial charge on any atom is 0.573 e. The molecule has 13 heteroatoms. The van der Waals surface area contributed by atoms with Gasteiger partial charge >= 0.3 is 12.5 Å². The molecule has 0 aliphatic carbocycles. The topological polar surface area (TPSA) is 84.9 Å². The van der Waals surface area contributed by atoms with Crippen molar-refractivity contribution in [2.45, 2.75) is 36.2 Å². The van der Waals surface area contributed by atoms with Crippen LogP contribution in [-0.4, -0.2) is 38.9 Å². The Labute approximate surface area is 233 Å². The Morgan fingerprint density at radius 1 is 0.949 bits per heavy atom. The predicted molar refractivity (Wildman–Crippen MR) is 139 cm³/mol. The number of halogens is 5. The van der Waals surface area contributed by atoms with Gasteiger partial charge in [-0.3, -0.25) is 0 Å². The lowest BCUT2D eigenvalue weighted by atomic mass is 9.82. The van der Waals surface area contributed by atoms with Crippen molar-refractivity contribution >= 4 is 39.3 Å². The van der Waals surface area contributed by atoms with E-state index in [1.54, 1.807) is 18.2 Å². The van der Waals surface area contributed by atoms with Crippen LogP contribution in [0.3, 0.4) is 0 Å². The average Bonchev–Trinajstić information content (AvgIpc) is 2.89. The normalized spacial score (nSPS) is 15.6. The minimum Gasteiger partial charge on any atom is -0.445 e. The van der Waals surface area contributed by atoms with Crippen LogP contribution < -0.4 is 9.46 Å². The van der Waals surface area contributed by atoms with Gasteiger partial charge in [0.25, 0.3) is 0 Å². The molecule has 0 radical (unpaired) electrons. The van der Waals surface area contributed by atoms with Crippen molar-refractivity contribution in [3.8, 4) is 5.75 Å². The van der Waals surface area contributed by atoms with E-state index in [-0.39, 0.29) is 47.5 Å². The summed E-state index contributed by atoms with van der Waals surface area (Å²) in [5.74, 6) is -0.553. The molecule has 3 aromatic rings. The van der Waals surface area contributed by atoms with E-state index < -0.39 is 33.8 Å². The van der Waals surface area contributed by atoms with Gasteiger partial charge < -0.3 is 14.4 Å². The first-order chi connectivity index (χ1) is 18.4. The zero-order valence-corrected chi connectivity index (χ0v) is 22.6. The molecule has 39 heavy (non-hydrogen) atoms. The molecule has 1 fully saturated rings. The molecule has 0 unspecified atom stereocenters. The standard InChI is InChI=1S/C26H23Cl2F3N2O5S/c27-22-11-6-19(16-23(22)28)25(32-39(35,36)21-9-7-20(8-10-21)38-26(29,30)31)12-14-33(15-13-25)24(34)37-17-18-4-2-1-3-5-18/h1-11,16,32H,12-15,17H2. The maximum absolute atomic E-state index is 13.4. The lowest BCUT2D eigenvalue weighted by Crippen LogP contribution is -2.54. The molecule has 0 saturated carbocycles. The predicted octanol–water partition coefficient (Wildman–Crippen LogP) is 6.50. The van der Waals surface area contributed by atoms with Crippen LogP contribution in [0, 0.1) is 0 Å². The highest BCUT2D eigenvalue weighted by Crippen LogP contribution is 2.38. The summed E-state index contributed by atoms with van der Waals surface area (Å²) in [6.07, 6.45) is -5.11. The number of hydrogen-bond donors (Lipinski definition) is 1. The second-order valence-corrected chi connectivity index (χ2v) is 11.4. The van der Waals surface area contributed by atoms with E-state index in [0.29, 0.717) is 5.56 Å². The Morgan fingerprint density at radius 2 is 1.59 bits per heavy atom. The molecular weight excluding hydrogens is 580 g/mol. The number of benzene rings is 3. The fourth-order valence-electron chi connectivity index (χ4n) is 4.26. The van der Waals surface area contributed by atoms with Gasteiger partial charge in [0, 0.05) is 13.1 Å². The first-order valence-corrected chi connectivity index (χ1v) is 13.9. The molecule has 1 aliphatic rings. The van der Waals surface area contributed by atoms with Crippen molar-refractivity contribution in [2.24, 2.45) is 0 Å². The van der Waals surface area contributed by atoms with Crippen LogP contribution in [0.2, 0.25) is 10.0 Å². The number of nitrogens with one attached hydrogen (secondary N) is 1. The van der Waals surface area contributed by atoms with Gasteiger partial charge in [0.1, 0.15) is 12.4 Å². The monoisotopic (exact) mass is 602 g/mol. The summed E-state index contributed by atoms with van der Waals surface area (Å²) >= 11 is 12.3. The highest BCUT2D eigenvalue weighted by molar-refractivity contribution is 7.89. The number of piperidine rings is 1. The number of alkyl halides is 3. The number of amides is 1. The second kappa shape index (κ2) is 11.6. The van der Waals surface area contributed by atoms with Crippen LogP contribution in [0.25, 0.3) is 0 Å². The molecule has 1 aliphatic heterocycles. The molecule has 7 nitrogen and oxygen atoms in total. The summed E-state index contributed by atoms with van der Waals surface area (Å²) in [6.45, 7) is 0.415. The van der Waals surface area contributed by atoms with Gasteiger partial charge in [-0.1, -0.05) is 59.6 Å². The number of rotatable bonds is 7. The number of carbonyl (C=O) groups is 1. The van der Waals surface area contributed by atoms with Gasteiger partial charge in [0.2, 0.25) is 10.0 Å². The summed E-state index contributed by atoms with van der Waals surface area (Å²) in [5, 5.41) is 0.492. The van der Waals surface area contributed by atoms with Crippen molar-refractivity contribution in [3.63, 3.8) is 0 Å². The minimum atomic E-state index is -4.91. The number of hydrogen-bond acceptors (Lipinski definition) is 5. The van der Waals surface area contributed by atoms with E-state index in [1.165, 1.54) is 4.90 Å². The number of nitrogens with zero attached hydrogens (tertiary/aromatic N) is 1. The lowest BCUT2D eigenvalue weighted by Gasteiger charge is -2.42. The van der Waals surface area contributed by atoms with Crippen LogP contribution in [0.4, 0.5) is 18.0 Å². The Hall–Kier alpha value is -2.99. The average molecular weight is 603 g/mol. The van der Waals surface area contributed by atoms with Crippen LogP contribution in [-0.2, 0) is 26.9 Å². The molecule has 1 saturated heterocycles. The van der Waals surface area contributed by atoms with Crippen molar-refractivity contribution in [2.75, 3.05) is 13.1 Å². The van der Waals surface area contributed by atoms with Gasteiger partial charge in [0.05, 0.1) is 20.5 Å². The molecule has 0 aromatic heterocycles. The van der Waals surface area contributed by atoms with E-state index in [9.17, 15) is 26.4 Å². The van der Waals surface area contributed by atoms with Crippen LogP contribution in [0.15, 0.2) is 77.7 Å². The zero-order valence-electron chi connectivity index (χ0n) is 20.3. The Balaban J connectivity index is 1.54. The Morgan fingerprint density at radius 3 is 2.18 bits per heavy atom. The van der Waals surface area contributed by atoms with Gasteiger partial charge in [-0.25, -0.2) is 17.9 Å². The third kappa shape index (κ3) is 7.36. The molecular formula is C26H23Cl2F3N2O5S. The molecule has 0 atom stereocenters. The van der Waals surface area contributed by atoms with E-state index in [4.69, 9.17) is 27.9 Å². The first kappa shape index (κ1) is 29.0. The quantitative estimate of drug-likeness (QED) is 0.334. The highest BCUT2D eigenvalue weighted by Gasteiger charge is 2.41. The SMILES string of the molecule is O=C(OCc1ccccc1)N1CCC(NS(=O)(=O)c2ccc(OC(F)(F)F)cc2)(c2ccc(Cl)c(Cl)c2)CC1. The third-order valence-corrected chi connectivity index (χ3v) is 8.54. The van der Waals surface area contributed by atoms with E-state index in [1.807, 2.05) is 30.3 Å². The lowest BCUT2D eigenvalue weighted by molar-refractivity contribution is -0.274. The van der Waals surface area contributed by atoms with Crippen LogP contribution in [0.5, 0.6) is 5.75 Å². The minimum absolute atomic E-state index is 0.0920. The summed E-state index contributed by atoms with van der Waals surface area (Å²) in [7, 11) is -4.23. The molecule has 0 spiro atoms. The molecule has 3 aromatic carbocycles. The zero-order chi connectivity index (χ0) is 28.3. The number of sulfonamides is 1. The van der Waals surface area contributed by atoms with E-state index in [0.717, 1.165) is 29.8 Å². The molecule has 1 N–H and O–H groups in total. The number of carbonyl (C=O) groups excluding carboxylic acids is 1. The van der Waals surface area contributed by atoms with Crippen LogP contribution >= 0.6 is 23.2 Å². The third-order valence-electron chi connectivity index (χ3n) is 6.25. The molecule has 1 amide bonds. The van der Waals surface area contributed by atoms with Crippen molar-refractivity contribution in [1.82, 2.24) is 9.62 Å². The highest BCUT2D eigenvalue weighted by atomic mass is 35.5. The number of likely N-dealkylation sites (tertiary alicyclic amines) is 1. The van der Waals surface area contributed by atoms with Crippen molar-refractivity contribution in [3.05, 3.63) is 94.0 Å². The van der Waals surface area contributed by atoms with Gasteiger partial charge in [-0.15, -0.1) is 13.2 Å². The molecule has 0 bridgehead atoms. The largest absolute Gasteiger partial charge is 0.573 e. The van der Waals surface area contributed by atoms with Gasteiger partial charge in [0.15, 0.2) is 0 Å². The summed E-state index contributed by atoms with van der Waals surface area (Å²) < 4.78 is 76.2. The Bertz CT molecular complexity index is 1410. The summed E-state index contributed by atoms with van der Waals surface area (Å²) in [5.41, 5.74) is 0.159. The Kier molecular flexibility index (Phi) is 8.65. The second-order valence-electron chi connectivity index (χ2n) is 8.86. The summed E-state index contributed by atoms with van der Waals surface area (Å²) in [6, 6.07) is 17.8. The van der Waals surface area contributed by atoms with Gasteiger partial charge in [-0.2, -0.15) is 0 Å². The molecule has 208 valence electrons. The maximum atomic E-state index is 13.4. The fraction of sp³-hybridized carbons (Fsp3) is 0.269. The van der Waals surface area contributed by atoms with Crippen molar-refractivity contribution < 1.29 is 35.9 Å². The first-order valence-electron chi connectivity index (χ1n) is 11.7. The van der Waals surface area contributed by atoms with Gasteiger partial charge in [-0.05, 0) is 60.4 Å². The van der Waals surface area contributed by atoms with Crippen LogP contribution in [0.1, 0.15) is 24.0 Å². The van der Waals surface area contributed by atoms with Crippen molar-refractivity contribution in [1.29, 1.82) is 0 Å². The molecule has 1 heterocycles. The molecule has 4 rings (SSSR count). The fourth-order valence-corrected chi connectivity index (χ4v) is 6.01. The number of ether oxygens (including phenoxy) is 2.